The molecule has 0 spiro atoms. The van der Waals surface area contributed by atoms with Gasteiger partial charge in [-0.3, -0.25) is 4.79 Å². The lowest BCUT2D eigenvalue weighted by molar-refractivity contribution is -0.141. The number of rotatable bonds is 6. The number of carbonyl (C=O) groups is 1. The zero-order valence-corrected chi connectivity index (χ0v) is 16.1. The van der Waals surface area contributed by atoms with Gasteiger partial charge in [-0.05, 0) is 40.6 Å². The molecular formula is C20H18ClNO4S. The lowest BCUT2D eigenvalue weighted by Gasteiger charge is -2.25. The molecule has 3 aromatic carbocycles. The second-order valence-electron chi connectivity index (χ2n) is 6.17. The Kier molecular flexibility index (Phi) is 5.51. The summed E-state index contributed by atoms with van der Waals surface area (Å²) in [7, 11) is -2.69. The number of likely N-dealkylation sites (N-methyl/N-ethyl adjacent to an activating group) is 1. The number of hydrogen-bond acceptors (Lipinski definition) is 3. The van der Waals surface area contributed by atoms with Crippen LogP contribution in [0.5, 0.6) is 0 Å². The van der Waals surface area contributed by atoms with Gasteiger partial charge in [-0.2, -0.15) is 4.31 Å². The average Bonchev–Trinajstić information content (AvgIpc) is 2.65. The van der Waals surface area contributed by atoms with Crippen LogP contribution in [-0.4, -0.2) is 36.9 Å². The second kappa shape index (κ2) is 7.68. The zero-order chi connectivity index (χ0) is 19.6. The van der Waals surface area contributed by atoms with E-state index in [2.05, 4.69) is 0 Å². The van der Waals surface area contributed by atoms with E-state index in [1.807, 2.05) is 42.5 Å². The highest BCUT2D eigenvalue weighted by molar-refractivity contribution is 7.89. The highest BCUT2D eigenvalue weighted by Crippen LogP contribution is 2.24. The maximum atomic E-state index is 12.9. The normalized spacial score (nSPS) is 13.0. The van der Waals surface area contributed by atoms with Crippen molar-refractivity contribution < 1.29 is 18.3 Å². The van der Waals surface area contributed by atoms with Crippen LogP contribution in [-0.2, 0) is 21.2 Å². The first-order chi connectivity index (χ1) is 12.8. The zero-order valence-electron chi connectivity index (χ0n) is 14.5. The van der Waals surface area contributed by atoms with Crippen LogP contribution in [0.2, 0.25) is 5.02 Å². The van der Waals surface area contributed by atoms with Crippen molar-refractivity contribution in [3.63, 3.8) is 0 Å². The molecule has 0 bridgehead atoms. The molecule has 27 heavy (non-hydrogen) atoms. The molecule has 5 nitrogen and oxygen atoms in total. The lowest BCUT2D eigenvalue weighted by Crippen LogP contribution is -2.43. The molecule has 0 aliphatic carbocycles. The molecule has 0 heterocycles. The van der Waals surface area contributed by atoms with Gasteiger partial charge in [-0.15, -0.1) is 0 Å². The van der Waals surface area contributed by atoms with Gasteiger partial charge >= 0.3 is 5.97 Å². The van der Waals surface area contributed by atoms with E-state index in [4.69, 9.17) is 11.6 Å². The van der Waals surface area contributed by atoms with Gasteiger partial charge in [0, 0.05) is 18.5 Å². The molecule has 1 N–H and O–H groups in total. The quantitative estimate of drug-likeness (QED) is 0.679. The summed E-state index contributed by atoms with van der Waals surface area (Å²) in [6, 6.07) is 17.6. The molecule has 0 aliphatic rings. The third-order valence-electron chi connectivity index (χ3n) is 4.51. The minimum absolute atomic E-state index is 0.00132. The van der Waals surface area contributed by atoms with Crippen LogP contribution in [0.15, 0.2) is 71.6 Å². The summed E-state index contributed by atoms with van der Waals surface area (Å²) >= 11 is 5.81. The molecule has 0 amide bonds. The van der Waals surface area contributed by atoms with Gasteiger partial charge in [0.1, 0.15) is 6.04 Å². The van der Waals surface area contributed by atoms with Gasteiger partial charge in [0.05, 0.1) is 4.90 Å². The summed E-state index contributed by atoms with van der Waals surface area (Å²) in [5.41, 5.74) is 0.777. The topological polar surface area (TPSA) is 74.7 Å². The Labute approximate surface area is 162 Å². The van der Waals surface area contributed by atoms with Crippen LogP contribution in [0.25, 0.3) is 10.8 Å². The maximum absolute atomic E-state index is 12.9. The van der Waals surface area contributed by atoms with Crippen molar-refractivity contribution in [2.24, 2.45) is 0 Å². The minimum atomic E-state index is -3.98. The van der Waals surface area contributed by atoms with E-state index in [0.29, 0.717) is 5.02 Å². The van der Waals surface area contributed by atoms with Gasteiger partial charge < -0.3 is 5.11 Å². The van der Waals surface area contributed by atoms with Gasteiger partial charge in [0.15, 0.2) is 0 Å². The molecule has 0 unspecified atom stereocenters. The van der Waals surface area contributed by atoms with Crippen molar-refractivity contribution >= 4 is 38.4 Å². The van der Waals surface area contributed by atoms with E-state index < -0.39 is 22.0 Å². The number of carboxylic acid groups (broad SMARTS) is 1. The first-order valence-electron chi connectivity index (χ1n) is 8.24. The number of fused-ring (bicyclic) bond motifs is 1. The van der Waals surface area contributed by atoms with Crippen LogP contribution in [0, 0.1) is 0 Å². The molecular weight excluding hydrogens is 386 g/mol. The van der Waals surface area contributed by atoms with E-state index in [0.717, 1.165) is 20.6 Å². The predicted octanol–water partition coefficient (Wildman–Crippen LogP) is 3.81. The summed E-state index contributed by atoms with van der Waals surface area (Å²) in [5.74, 6) is -1.21. The molecule has 0 aliphatic heterocycles. The molecule has 1 atom stereocenters. The highest BCUT2D eigenvalue weighted by Gasteiger charge is 2.33. The molecule has 0 saturated heterocycles. The standard InChI is InChI=1S/C20H18ClNO4S/c1-22(27(25,26)17-11-9-16(21)10-12-17)19(20(23)24)13-15-7-4-6-14-5-2-3-8-18(14)15/h2-12,19H,13H2,1H3,(H,23,24)/t19-/m0/s1. The Balaban J connectivity index is 1.97. The number of benzene rings is 3. The molecule has 0 saturated carbocycles. The van der Waals surface area contributed by atoms with Crippen LogP contribution >= 0.6 is 11.6 Å². The fourth-order valence-electron chi connectivity index (χ4n) is 2.99. The summed E-state index contributed by atoms with van der Waals surface area (Å²) in [6.45, 7) is 0. The molecule has 140 valence electrons. The molecule has 0 aromatic heterocycles. The van der Waals surface area contributed by atoms with Crippen molar-refractivity contribution in [1.82, 2.24) is 4.31 Å². The van der Waals surface area contributed by atoms with Crippen molar-refractivity contribution in [3.8, 4) is 0 Å². The molecule has 7 heteroatoms. The van der Waals surface area contributed by atoms with E-state index in [-0.39, 0.29) is 11.3 Å². The first kappa shape index (κ1) is 19.4. The number of carboxylic acids is 1. The summed E-state index contributed by atoms with van der Waals surface area (Å²) < 4.78 is 26.6. The maximum Gasteiger partial charge on any atom is 0.322 e. The largest absolute Gasteiger partial charge is 0.480 e. The van der Waals surface area contributed by atoms with Crippen LogP contribution < -0.4 is 0 Å². The van der Waals surface area contributed by atoms with E-state index >= 15 is 0 Å². The van der Waals surface area contributed by atoms with Crippen molar-refractivity contribution in [3.05, 3.63) is 77.3 Å². The Morgan fingerprint density at radius 2 is 1.67 bits per heavy atom. The summed E-state index contributed by atoms with van der Waals surface area (Å²) in [6.07, 6.45) is 0.0556. The summed E-state index contributed by atoms with van der Waals surface area (Å²) in [4.78, 5) is 11.9. The van der Waals surface area contributed by atoms with Crippen molar-refractivity contribution in [2.45, 2.75) is 17.4 Å². The number of aliphatic carboxylic acids is 1. The first-order valence-corrected chi connectivity index (χ1v) is 10.1. The van der Waals surface area contributed by atoms with Gasteiger partial charge in [-0.25, -0.2) is 8.42 Å². The van der Waals surface area contributed by atoms with Crippen LogP contribution in [0.4, 0.5) is 0 Å². The average molecular weight is 404 g/mol. The second-order valence-corrected chi connectivity index (χ2v) is 8.61. The Morgan fingerprint density at radius 1 is 1.04 bits per heavy atom. The van der Waals surface area contributed by atoms with E-state index in [1.165, 1.54) is 31.3 Å². The van der Waals surface area contributed by atoms with Gasteiger partial charge in [0.2, 0.25) is 10.0 Å². The predicted molar refractivity (Wildman–Crippen MR) is 105 cm³/mol. The Morgan fingerprint density at radius 3 is 2.33 bits per heavy atom. The lowest BCUT2D eigenvalue weighted by atomic mass is 9.99. The minimum Gasteiger partial charge on any atom is -0.480 e. The van der Waals surface area contributed by atoms with E-state index in [1.54, 1.807) is 0 Å². The fraction of sp³-hybridized carbons (Fsp3) is 0.150. The Hall–Kier alpha value is -2.41. The van der Waals surface area contributed by atoms with Crippen molar-refractivity contribution in [1.29, 1.82) is 0 Å². The number of halogens is 1. The highest BCUT2D eigenvalue weighted by atomic mass is 35.5. The van der Waals surface area contributed by atoms with E-state index in [9.17, 15) is 18.3 Å². The van der Waals surface area contributed by atoms with Gasteiger partial charge in [0.25, 0.3) is 0 Å². The SMILES string of the molecule is CN([C@@H](Cc1cccc2ccccc12)C(=O)O)S(=O)(=O)c1ccc(Cl)cc1. The molecule has 0 fully saturated rings. The van der Waals surface area contributed by atoms with Crippen LogP contribution in [0.3, 0.4) is 0 Å². The molecule has 3 rings (SSSR count). The number of nitrogens with zero attached hydrogens (tertiary/aromatic N) is 1. The smallest absolute Gasteiger partial charge is 0.322 e. The number of sulfonamides is 1. The molecule has 0 radical (unpaired) electrons. The fourth-order valence-corrected chi connectivity index (χ4v) is 4.43. The summed E-state index contributed by atoms with van der Waals surface area (Å²) in [5, 5.41) is 12.0. The monoisotopic (exact) mass is 403 g/mol. The third-order valence-corrected chi connectivity index (χ3v) is 6.64. The van der Waals surface area contributed by atoms with Gasteiger partial charge in [-0.1, -0.05) is 54.1 Å². The third kappa shape index (κ3) is 3.98. The van der Waals surface area contributed by atoms with Crippen LogP contribution in [0.1, 0.15) is 5.56 Å². The number of hydrogen-bond donors (Lipinski definition) is 1. The Bertz CT molecular complexity index is 1080. The van der Waals surface area contributed by atoms with Crippen molar-refractivity contribution in [2.75, 3.05) is 7.05 Å². The molecule has 3 aromatic rings.